The van der Waals surface area contributed by atoms with E-state index in [0.29, 0.717) is 29.6 Å². The molecule has 1 heterocycles. The van der Waals surface area contributed by atoms with Crippen LogP contribution in [0.4, 0.5) is 10.5 Å². The summed E-state index contributed by atoms with van der Waals surface area (Å²) in [4.78, 5) is 41.4. The molecule has 0 aromatic heterocycles. The van der Waals surface area contributed by atoms with E-state index in [0.717, 1.165) is 17.7 Å². The summed E-state index contributed by atoms with van der Waals surface area (Å²) < 4.78 is 15.9. The van der Waals surface area contributed by atoms with E-state index in [1.807, 2.05) is 0 Å². The van der Waals surface area contributed by atoms with E-state index in [4.69, 9.17) is 14.2 Å². The van der Waals surface area contributed by atoms with Crippen LogP contribution < -0.4 is 14.4 Å². The van der Waals surface area contributed by atoms with Crippen molar-refractivity contribution in [2.24, 2.45) is 5.92 Å². The maximum Gasteiger partial charge on any atom is 0.332 e. The number of carbonyl (C=O) groups is 3. The summed E-state index contributed by atoms with van der Waals surface area (Å²) in [5.74, 6) is 0.295. The highest BCUT2D eigenvalue weighted by Crippen LogP contribution is 2.38. The molecule has 0 N–H and O–H groups in total. The minimum Gasteiger partial charge on any atom is -0.497 e. The van der Waals surface area contributed by atoms with Gasteiger partial charge in [-0.15, -0.1) is 0 Å². The molecule has 2 aliphatic rings. The maximum absolute atomic E-state index is 13.2. The maximum atomic E-state index is 13.2. The lowest BCUT2D eigenvalue weighted by atomic mass is 10.1. The number of rotatable bonds is 7. The van der Waals surface area contributed by atoms with E-state index in [2.05, 4.69) is 0 Å². The van der Waals surface area contributed by atoms with Crippen molar-refractivity contribution < 1.29 is 28.6 Å². The zero-order valence-corrected chi connectivity index (χ0v) is 17.6. The zero-order valence-electron chi connectivity index (χ0n) is 17.6. The molecule has 1 aromatic rings. The van der Waals surface area contributed by atoms with Gasteiger partial charge in [-0.05, 0) is 51.7 Å². The van der Waals surface area contributed by atoms with Gasteiger partial charge < -0.3 is 19.1 Å². The zero-order chi connectivity index (χ0) is 21.3. The second-order valence-electron chi connectivity index (χ2n) is 8.40. The van der Waals surface area contributed by atoms with Crippen LogP contribution in [0.25, 0.3) is 0 Å². The number of anilines is 1. The molecule has 0 radical (unpaired) electrons. The van der Waals surface area contributed by atoms with Crippen LogP contribution in [-0.4, -0.2) is 55.2 Å². The molecule has 3 rings (SSSR count). The van der Waals surface area contributed by atoms with Gasteiger partial charge in [0.1, 0.15) is 23.1 Å². The van der Waals surface area contributed by atoms with Crippen molar-refractivity contribution in [3.05, 3.63) is 18.2 Å². The molecule has 1 aliphatic heterocycles. The van der Waals surface area contributed by atoms with Crippen LogP contribution in [0.1, 0.15) is 40.0 Å². The van der Waals surface area contributed by atoms with Crippen LogP contribution in [0.2, 0.25) is 0 Å². The minimum absolute atomic E-state index is 0.177. The number of nitrogens with zero attached hydrogens (tertiary/aromatic N) is 2. The summed E-state index contributed by atoms with van der Waals surface area (Å²) in [6.07, 6.45) is 1.86. The predicted octanol–water partition coefficient (Wildman–Crippen LogP) is 2.98. The number of methoxy groups -OCH3 is 2. The van der Waals surface area contributed by atoms with Crippen LogP contribution in [0.3, 0.4) is 0 Å². The number of benzene rings is 1. The first-order valence-corrected chi connectivity index (χ1v) is 9.73. The summed E-state index contributed by atoms with van der Waals surface area (Å²) in [5, 5.41) is 0. The Morgan fingerprint density at radius 2 is 1.83 bits per heavy atom. The van der Waals surface area contributed by atoms with Crippen molar-refractivity contribution in [1.82, 2.24) is 4.90 Å². The first-order valence-electron chi connectivity index (χ1n) is 9.73. The van der Waals surface area contributed by atoms with Crippen molar-refractivity contribution in [1.29, 1.82) is 0 Å². The van der Waals surface area contributed by atoms with Crippen molar-refractivity contribution in [2.75, 3.05) is 25.7 Å². The molecule has 3 amide bonds. The Labute approximate surface area is 170 Å². The molecule has 158 valence electrons. The van der Waals surface area contributed by atoms with Crippen LogP contribution in [0, 0.1) is 5.92 Å². The van der Waals surface area contributed by atoms with Gasteiger partial charge in [0, 0.05) is 12.6 Å². The average molecular weight is 404 g/mol. The van der Waals surface area contributed by atoms with Gasteiger partial charge in [0.2, 0.25) is 0 Å². The van der Waals surface area contributed by atoms with Crippen LogP contribution in [0.15, 0.2) is 18.2 Å². The number of amides is 3. The van der Waals surface area contributed by atoms with Crippen molar-refractivity contribution in [3.63, 3.8) is 0 Å². The first kappa shape index (κ1) is 21.0. The van der Waals surface area contributed by atoms with E-state index < -0.39 is 29.6 Å². The van der Waals surface area contributed by atoms with E-state index in [1.54, 1.807) is 39.0 Å². The number of carbonyl (C=O) groups excluding carboxylic acids is 3. The van der Waals surface area contributed by atoms with Crippen molar-refractivity contribution >= 4 is 23.6 Å². The number of ether oxygens (including phenoxy) is 3. The Balaban J connectivity index is 1.90. The minimum atomic E-state index is -0.884. The molecule has 29 heavy (non-hydrogen) atoms. The van der Waals surface area contributed by atoms with Crippen molar-refractivity contribution in [3.8, 4) is 11.5 Å². The molecular formula is C21H28N2O6. The Bertz CT molecular complexity index is 812. The predicted molar refractivity (Wildman–Crippen MR) is 106 cm³/mol. The van der Waals surface area contributed by atoms with Crippen LogP contribution in [0.5, 0.6) is 11.5 Å². The number of hydrogen-bond donors (Lipinski definition) is 0. The highest BCUT2D eigenvalue weighted by atomic mass is 16.6. The van der Waals surface area contributed by atoms with E-state index in [9.17, 15) is 14.4 Å². The fourth-order valence-electron chi connectivity index (χ4n) is 3.35. The van der Waals surface area contributed by atoms with E-state index in [-0.39, 0.29) is 6.42 Å². The number of urea groups is 1. The van der Waals surface area contributed by atoms with Crippen LogP contribution in [-0.2, 0) is 14.3 Å². The molecule has 8 heteroatoms. The first-order chi connectivity index (χ1) is 13.6. The largest absolute Gasteiger partial charge is 0.497 e. The molecule has 1 saturated carbocycles. The topological polar surface area (TPSA) is 85.4 Å². The molecule has 0 bridgehead atoms. The van der Waals surface area contributed by atoms with E-state index in [1.165, 1.54) is 19.1 Å². The van der Waals surface area contributed by atoms with Gasteiger partial charge in [-0.1, -0.05) is 0 Å². The molecule has 1 atom stereocenters. The highest BCUT2D eigenvalue weighted by Gasteiger charge is 2.49. The molecule has 1 aliphatic carbocycles. The van der Waals surface area contributed by atoms with Gasteiger partial charge in [0.15, 0.2) is 0 Å². The SMILES string of the molecule is COc1ccc(N2C(=O)[C@H](CC(=O)OC(C)(C)C)N(CC3CC3)C2=O)c(OC)c1. The fraction of sp³-hybridized carbons (Fsp3) is 0.571. The van der Waals surface area contributed by atoms with Gasteiger partial charge in [0.25, 0.3) is 5.91 Å². The summed E-state index contributed by atoms with van der Waals surface area (Å²) in [7, 11) is 2.98. The Kier molecular flexibility index (Phi) is 5.73. The number of imide groups is 1. The number of esters is 1. The van der Waals surface area contributed by atoms with E-state index >= 15 is 0 Å². The van der Waals surface area contributed by atoms with Gasteiger partial charge in [-0.2, -0.15) is 0 Å². The molecule has 0 spiro atoms. The quantitative estimate of drug-likeness (QED) is 0.513. The van der Waals surface area contributed by atoms with Gasteiger partial charge in [-0.3, -0.25) is 9.59 Å². The summed E-state index contributed by atoms with van der Waals surface area (Å²) >= 11 is 0. The molecule has 1 saturated heterocycles. The highest BCUT2D eigenvalue weighted by molar-refractivity contribution is 6.22. The molecular weight excluding hydrogens is 376 g/mol. The van der Waals surface area contributed by atoms with Crippen molar-refractivity contribution in [2.45, 2.75) is 51.7 Å². The smallest absolute Gasteiger partial charge is 0.332 e. The van der Waals surface area contributed by atoms with Gasteiger partial charge >= 0.3 is 12.0 Å². The average Bonchev–Trinajstić information content (AvgIpc) is 3.43. The third kappa shape index (κ3) is 4.63. The molecule has 2 fully saturated rings. The fourth-order valence-corrected chi connectivity index (χ4v) is 3.35. The van der Waals surface area contributed by atoms with Crippen LogP contribution >= 0.6 is 0 Å². The number of hydrogen-bond acceptors (Lipinski definition) is 6. The second kappa shape index (κ2) is 7.93. The lowest BCUT2D eigenvalue weighted by molar-refractivity contribution is -0.156. The lowest BCUT2D eigenvalue weighted by Crippen LogP contribution is -2.39. The third-order valence-corrected chi connectivity index (χ3v) is 4.88. The summed E-state index contributed by atoms with van der Waals surface area (Å²) in [6, 6.07) is 3.55. The van der Waals surface area contributed by atoms with Gasteiger partial charge in [0.05, 0.1) is 26.3 Å². The lowest BCUT2D eigenvalue weighted by Gasteiger charge is -2.24. The molecule has 0 unspecified atom stereocenters. The standard InChI is InChI=1S/C21H28N2O6/c1-21(2,3)29-18(24)11-16-19(25)23(20(26)22(16)12-13-6-7-13)15-9-8-14(27-4)10-17(15)28-5/h8-10,13,16H,6-7,11-12H2,1-5H3/t16-/m0/s1. The summed E-state index contributed by atoms with van der Waals surface area (Å²) in [6.45, 7) is 5.75. The Morgan fingerprint density at radius 1 is 1.14 bits per heavy atom. The Morgan fingerprint density at radius 3 is 2.38 bits per heavy atom. The molecule has 8 nitrogen and oxygen atoms in total. The monoisotopic (exact) mass is 404 g/mol. The summed E-state index contributed by atoms with van der Waals surface area (Å²) in [5.41, 5.74) is -0.334. The Hall–Kier alpha value is -2.77. The van der Waals surface area contributed by atoms with Gasteiger partial charge in [-0.25, -0.2) is 9.69 Å². The normalized spacial score (nSPS) is 19.6. The third-order valence-electron chi connectivity index (χ3n) is 4.88. The molecule has 1 aromatic carbocycles. The second-order valence-corrected chi connectivity index (χ2v) is 8.40.